The SMILES string of the molecule is CC/C=C\C/C=C\C/C=C\C/C=C\C/C=C\C/C=C\CCC(=O)OC[C@H](COP(=O)(O)OC[C@H](N)C(=O)O)OC(=O)CCCCCCCC(=O)/C=C/C=C\CCCCC. The molecule has 0 aliphatic rings. The molecule has 0 aromatic rings. The molecule has 0 radical (unpaired) electrons. The second-order valence-corrected chi connectivity index (χ2v) is 15.2. The predicted octanol–water partition coefficient (Wildman–Crippen LogP) is 10.5. The van der Waals surface area contributed by atoms with Crippen LogP contribution in [0.5, 0.6) is 0 Å². The summed E-state index contributed by atoms with van der Waals surface area (Å²) in [5.74, 6) is -2.53. The number of aliphatic carboxylic acids is 1. The van der Waals surface area contributed by atoms with Gasteiger partial charge < -0.3 is 25.2 Å². The normalized spacial score (nSPS) is 14.6. The van der Waals surface area contributed by atoms with Crippen LogP contribution >= 0.6 is 7.82 Å². The zero-order valence-corrected chi connectivity index (χ0v) is 36.4. The van der Waals surface area contributed by atoms with Gasteiger partial charge in [0.05, 0.1) is 13.2 Å². The minimum atomic E-state index is -4.77. The number of allylic oxidation sites excluding steroid dienone is 16. The number of rotatable bonds is 38. The largest absolute Gasteiger partial charge is 0.480 e. The third-order valence-corrected chi connectivity index (χ3v) is 9.26. The van der Waals surface area contributed by atoms with Gasteiger partial charge in [-0.3, -0.25) is 28.2 Å². The fourth-order valence-electron chi connectivity index (χ4n) is 4.95. The van der Waals surface area contributed by atoms with E-state index in [9.17, 15) is 28.6 Å². The molecule has 0 saturated carbocycles. The maximum absolute atomic E-state index is 12.6. The second-order valence-electron chi connectivity index (χ2n) is 13.8. The summed E-state index contributed by atoms with van der Waals surface area (Å²) in [6, 6.07) is -1.56. The van der Waals surface area contributed by atoms with Crippen molar-refractivity contribution in [1.29, 1.82) is 0 Å². The van der Waals surface area contributed by atoms with Gasteiger partial charge in [-0.05, 0) is 76.7 Å². The molecule has 3 atom stereocenters. The molecule has 0 spiro atoms. The molecule has 0 aliphatic carbocycles. The lowest BCUT2D eigenvalue weighted by Crippen LogP contribution is -2.34. The molecule has 332 valence electrons. The van der Waals surface area contributed by atoms with Gasteiger partial charge in [0, 0.05) is 19.3 Å². The van der Waals surface area contributed by atoms with Gasteiger partial charge in [0.1, 0.15) is 12.6 Å². The van der Waals surface area contributed by atoms with Gasteiger partial charge in [-0.2, -0.15) is 0 Å². The molecule has 0 aromatic heterocycles. The topological polar surface area (TPSA) is 189 Å². The second kappa shape index (κ2) is 39.5. The van der Waals surface area contributed by atoms with E-state index in [1.165, 1.54) is 12.8 Å². The molecule has 0 aromatic carbocycles. The van der Waals surface area contributed by atoms with Gasteiger partial charge in [0.15, 0.2) is 11.9 Å². The summed E-state index contributed by atoms with van der Waals surface area (Å²) in [6.07, 6.45) is 46.0. The smallest absolute Gasteiger partial charge is 0.472 e. The average Bonchev–Trinajstić information content (AvgIpc) is 3.21. The number of carboxylic acid groups (broad SMARTS) is 1. The number of hydrogen-bond acceptors (Lipinski definition) is 10. The number of unbranched alkanes of at least 4 members (excludes halogenated alkanes) is 7. The van der Waals surface area contributed by atoms with Crippen LogP contribution in [0.4, 0.5) is 0 Å². The molecule has 0 aliphatic heterocycles. The zero-order valence-electron chi connectivity index (χ0n) is 35.5. The minimum absolute atomic E-state index is 0.0557. The standard InChI is InChI=1S/C46H72NO11P/c1-3-5-7-9-11-12-13-14-15-16-17-18-19-20-21-22-24-28-32-36-44(49)55-38-42(39-56-59(53,54)57-40-43(47)46(51)52)58-45(50)37-33-29-25-27-31-35-41(48)34-30-26-23-10-8-6-4-2/h5,7,11-12,14-15,17-18,20-21,23-24,26,28,30,34,42-43H,3-4,6,8-10,13,16,19,22,25,27,29,31-33,35-40,47H2,1-2H3,(H,51,52)(H,53,54)/b7-5-,12-11-,15-14-,18-17-,21-20-,26-23-,28-24-,34-30+/t42-,43+/m1/s1. The lowest BCUT2D eigenvalue weighted by atomic mass is 10.1. The molecule has 0 saturated heterocycles. The van der Waals surface area contributed by atoms with Crippen LogP contribution in [-0.4, -0.2) is 65.7 Å². The molecular formula is C46H72NO11P. The van der Waals surface area contributed by atoms with E-state index < -0.39 is 57.7 Å². The number of nitrogens with two attached hydrogens (primary N) is 1. The summed E-state index contributed by atoms with van der Waals surface area (Å²) in [6.45, 7) is 2.41. The third kappa shape index (κ3) is 39.3. The third-order valence-electron chi connectivity index (χ3n) is 8.31. The number of carbonyl (C=O) groups excluding carboxylic acids is 3. The first-order valence-corrected chi connectivity index (χ1v) is 22.7. The zero-order chi connectivity index (χ0) is 43.7. The number of hydrogen-bond donors (Lipinski definition) is 3. The van der Waals surface area contributed by atoms with E-state index in [0.29, 0.717) is 25.7 Å². The highest BCUT2D eigenvalue weighted by Gasteiger charge is 2.28. The first-order chi connectivity index (χ1) is 28.5. The fraction of sp³-hybridized carbons (Fsp3) is 0.565. The van der Waals surface area contributed by atoms with Crippen molar-refractivity contribution in [2.75, 3.05) is 19.8 Å². The highest BCUT2D eigenvalue weighted by atomic mass is 31.2. The van der Waals surface area contributed by atoms with Gasteiger partial charge in [0.25, 0.3) is 0 Å². The van der Waals surface area contributed by atoms with Gasteiger partial charge in [-0.15, -0.1) is 0 Å². The van der Waals surface area contributed by atoms with Crippen LogP contribution in [-0.2, 0) is 42.3 Å². The Hall–Kier alpha value is -3.93. The molecule has 0 heterocycles. The number of esters is 2. The first-order valence-electron chi connectivity index (χ1n) is 21.2. The Kier molecular flexibility index (Phi) is 36.9. The van der Waals surface area contributed by atoms with Crippen molar-refractivity contribution in [2.45, 2.75) is 148 Å². The fourth-order valence-corrected chi connectivity index (χ4v) is 5.73. The lowest BCUT2D eigenvalue weighted by Gasteiger charge is -2.20. The Morgan fingerprint density at radius 1 is 0.593 bits per heavy atom. The summed E-state index contributed by atoms with van der Waals surface area (Å²) in [5, 5.41) is 8.88. The number of phosphoric acid groups is 1. The van der Waals surface area contributed by atoms with Crippen molar-refractivity contribution in [3.8, 4) is 0 Å². The Morgan fingerprint density at radius 3 is 1.71 bits per heavy atom. The van der Waals surface area contributed by atoms with Crippen LogP contribution < -0.4 is 5.73 Å². The molecule has 0 bridgehead atoms. The van der Waals surface area contributed by atoms with Crippen molar-refractivity contribution in [3.05, 3.63) is 97.2 Å². The van der Waals surface area contributed by atoms with Crippen LogP contribution in [0, 0.1) is 0 Å². The Labute approximate surface area is 353 Å². The molecule has 4 N–H and O–H groups in total. The number of ketones is 1. The highest BCUT2D eigenvalue weighted by Crippen LogP contribution is 2.43. The van der Waals surface area contributed by atoms with E-state index in [1.807, 2.05) is 24.3 Å². The summed E-state index contributed by atoms with van der Waals surface area (Å²) in [4.78, 5) is 57.9. The van der Waals surface area contributed by atoms with E-state index in [4.69, 9.17) is 24.8 Å². The predicted molar refractivity (Wildman–Crippen MR) is 235 cm³/mol. The maximum Gasteiger partial charge on any atom is 0.472 e. The molecule has 12 nitrogen and oxygen atoms in total. The summed E-state index contributed by atoms with van der Waals surface area (Å²) in [7, 11) is -4.77. The molecule has 59 heavy (non-hydrogen) atoms. The van der Waals surface area contributed by atoms with E-state index in [1.54, 1.807) is 12.2 Å². The van der Waals surface area contributed by atoms with Gasteiger partial charge >= 0.3 is 25.7 Å². The maximum atomic E-state index is 12.6. The van der Waals surface area contributed by atoms with Gasteiger partial charge in [-0.25, -0.2) is 4.57 Å². The van der Waals surface area contributed by atoms with Gasteiger partial charge in [0.2, 0.25) is 0 Å². The lowest BCUT2D eigenvalue weighted by molar-refractivity contribution is -0.161. The Morgan fingerprint density at radius 2 is 1.14 bits per heavy atom. The van der Waals surface area contributed by atoms with E-state index in [0.717, 1.165) is 70.6 Å². The van der Waals surface area contributed by atoms with Gasteiger partial charge in [-0.1, -0.05) is 137 Å². The van der Waals surface area contributed by atoms with E-state index >= 15 is 0 Å². The summed E-state index contributed by atoms with van der Waals surface area (Å²) >= 11 is 0. The van der Waals surface area contributed by atoms with Crippen LogP contribution in [0.1, 0.15) is 136 Å². The highest BCUT2D eigenvalue weighted by molar-refractivity contribution is 7.47. The molecular weight excluding hydrogens is 773 g/mol. The summed E-state index contributed by atoms with van der Waals surface area (Å²) in [5.41, 5.74) is 5.31. The molecule has 0 rings (SSSR count). The van der Waals surface area contributed by atoms with E-state index in [2.05, 4.69) is 79.1 Å². The number of carbonyl (C=O) groups is 4. The van der Waals surface area contributed by atoms with Crippen LogP contribution in [0.2, 0.25) is 0 Å². The number of carboxylic acids is 1. The van der Waals surface area contributed by atoms with Crippen molar-refractivity contribution in [2.24, 2.45) is 5.73 Å². The molecule has 13 heteroatoms. The number of phosphoric ester groups is 1. The van der Waals surface area contributed by atoms with Crippen molar-refractivity contribution < 1.29 is 52.3 Å². The minimum Gasteiger partial charge on any atom is -0.480 e. The molecule has 0 fully saturated rings. The van der Waals surface area contributed by atoms with Crippen molar-refractivity contribution >= 4 is 31.5 Å². The van der Waals surface area contributed by atoms with Crippen LogP contribution in [0.15, 0.2) is 97.2 Å². The number of ether oxygens (including phenoxy) is 2. The van der Waals surface area contributed by atoms with E-state index in [-0.39, 0.29) is 18.6 Å². The molecule has 0 amide bonds. The Bertz CT molecular complexity index is 1430. The summed E-state index contributed by atoms with van der Waals surface area (Å²) < 4.78 is 32.5. The molecule has 1 unspecified atom stereocenters. The van der Waals surface area contributed by atoms with Crippen LogP contribution in [0.3, 0.4) is 0 Å². The Balaban J connectivity index is 4.60. The first kappa shape index (κ1) is 55.1. The quantitative estimate of drug-likeness (QED) is 0.0133. The monoisotopic (exact) mass is 845 g/mol. The van der Waals surface area contributed by atoms with Crippen molar-refractivity contribution in [3.63, 3.8) is 0 Å². The van der Waals surface area contributed by atoms with Crippen molar-refractivity contribution in [1.82, 2.24) is 0 Å². The van der Waals surface area contributed by atoms with Crippen LogP contribution in [0.25, 0.3) is 0 Å². The average molecular weight is 846 g/mol.